The van der Waals surface area contributed by atoms with Crippen molar-refractivity contribution in [1.29, 1.82) is 0 Å². The Bertz CT molecular complexity index is 516. The lowest BCUT2D eigenvalue weighted by molar-refractivity contribution is -0.190. The molecule has 1 aromatic carbocycles. The topological polar surface area (TPSA) is 43.1 Å². The third-order valence-corrected chi connectivity index (χ3v) is 4.44. The fraction of sp³-hybridized carbons (Fsp3) is 0.500. The monoisotopic (exact) mass is 349 g/mol. The minimum Gasteiger partial charge on any atom is -0.399 e. The van der Waals surface area contributed by atoms with Crippen LogP contribution < -0.4 is 5.73 Å². The van der Waals surface area contributed by atoms with Crippen LogP contribution in [-0.4, -0.2) is 12.0 Å². The summed E-state index contributed by atoms with van der Waals surface area (Å²) in [6.07, 6.45) is -2.81. The molecule has 2 rings (SSSR count). The largest absolute Gasteiger partial charge is 0.399 e. The fourth-order valence-electron chi connectivity index (χ4n) is 2.77. The number of carbonyl (C=O) groups is 1. The molecule has 0 heterocycles. The van der Waals surface area contributed by atoms with E-state index in [1.807, 2.05) is 0 Å². The number of anilines is 1. The molecule has 110 valence electrons. The summed E-state index contributed by atoms with van der Waals surface area (Å²) in [4.78, 5) is 12.4. The van der Waals surface area contributed by atoms with Crippen molar-refractivity contribution in [2.24, 2.45) is 11.8 Å². The molecule has 1 aromatic rings. The Hall–Kier alpha value is -1.04. The van der Waals surface area contributed by atoms with Gasteiger partial charge >= 0.3 is 6.18 Å². The van der Waals surface area contributed by atoms with Crippen molar-refractivity contribution >= 4 is 27.4 Å². The van der Waals surface area contributed by atoms with Gasteiger partial charge in [-0.3, -0.25) is 4.79 Å². The van der Waals surface area contributed by atoms with E-state index >= 15 is 0 Å². The van der Waals surface area contributed by atoms with Gasteiger partial charge in [0.2, 0.25) is 0 Å². The summed E-state index contributed by atoms with van der Waals surface area (Å²) in [5, 5.41) is 0. The maximum absolute atomic E-state index is 13.0. The first-order valence-electron chi connectivity index (χ1n) is 6.46. The van der Waals surface area contributed by atoms with Crippen molar-refractivity contribution in [3.8, 4) is 0 Å². The summed E-state index contributed by atoms with van der Waals surface area (Å²) < 4.78 is 39.6. The predicted octanol–water partition coefficient (Wildman–Crippen LogP) is 4.58. The van der Waals surface area contributed by atoms with E-state index in [9.17, 15) is 18.0 Å². The molecule has 6 heteroatoms. The highest BCUT2D eigenvalue weighted by molar-refractivity contribution is 9.10. The number of hydrogen-bond donors (Lipinski definition) is 1. The molecule has 1 saturated carbocycles. The third kappa shape index (κ3) is 3.16. The highest BCUT2D eigenvalue weighted by Gasteiger charge is 2.48. The van der Waals surface area contributed by atoms with Crippen molar-refractivity contribution in [1.82, 2.24) is 0 Å². The first kappa shape index (κ1) is 15.4. The number of hydrogen-bond acceptors (Lipinski definition) is 2. The van der Waals surface area contributed by atoms with Crippen LogP contribution in [0.4, 0.5) is 18.9 Å². The van der Waals surface area contributed by atoms with Crippen LogP contribution in [0.3, 0.4) is 0 Å². The van der Waals surface area contributed by atoms with Gasteiger partial charge in [-0.25, -0.2) is 0 Å². The third-order valence-electron chi connectivity index (χ3n) is 3.78. The lowest BCUT2D eigenvalue weighted by Gasteiger charge is -2.32. The molecule has 0 radical (unpaired) electrons. The van der Waals surface area contributed by atoms with E-state index in [0.29, 0.717) is 29.4 Å². The number of Topliss-reactive ketones (excluding diaryl/α,β-unsaturated/α-hetero) is 1. The van der Waals surface area contributed by atoms with E-state index in [1.165, 1.54) is 12.1 Å². The second-order valence-electron chi connectivity index (χ2n) is 5.14. The van der Waals surface area contributed by atoms with Gasteiger partial charge in [-0.2, -0.15) is 13.2 Å². The predicted molar refractivity (Wildman–Crippen MR) is 74.4 cm³/mol. The molecule has 20 heavy (non-hydrogen) atoms. The number of halogens is 4. The Kier molecular flexibility index (Phi) is 4.42. The molecule has 0 bridgehead atoms. The second-order valence-corrected chi connectivity index (χ2v) is 6.00. The van der Waals surface area contributed by atoms with Crippen LogP contribution in [0.25, 0.3) is 0 Å². The molecule has 0 aliphatic heterocycles. The van der Waals surface area contributed by atoms with E-state index in [2.05, 4.69) is 15.9 Å². The van der Waals surface area contributed by atoms with Gasteiger partial charge in [0.1, 0.15) is 0 Å². The fourth-order valence-corrected chi connectivity index (χ4v) is 3.36. The van der Waals surface area contributed by atoms with Gasteiger partial charge in [0.05, 0.1) is 5.92 Å². The zero-order valence-electron chi connectivity index (χ0n) is 10.7. The van der Waals surface area contributed by atoms with Crippen LogP contribution in [0.1, 0.15) is 36.0 Å². The molecule has 2 unspecified atom stereocenters. The van der Waals surface area contributed by atoms with Gasteiger partial charge in [0.15, 0.2) is 5.78 Å². The van der Waals surface area contributed by atoms with Crippen molar-refractivity contribution in [3.05, 3.63) is 28.2 Å². The summed E-state index contributed by atoms with van der Waals surface area (Å²) in [7, 11) is 0. The maximum Gasteiger partial charge on any atom is 0.392 e. The molecular formula is C14H15BrF3NO. The smallest absolute Gasteiger partial charge is 0.392 e. The average molecular weight is 350 g/mol. The van der Waals surface area contributed by atoms with Crippen LogP contribution >= 0.6 is 15.9 Å². The first-order chi connectivity index (χ1) is 9.30. The minimum absolute atomic E-state index is 0.0342. The average Bonchev–Trinajstić information content (AvgIpc) is 2.37. The molecule has 1 fully saturated rings. The summed E-state index contributed by atoms with van der Waals surface area (Å²) >= 11 is 3.20. The first-order valence-corrected chi connectivity index (χ1v) is 7.26. The molecule has 2 atom stereocenters. The van der Waals surface area contributed by atoms with Crippen molar-refractivity contribution < 1.29 is 18.0 Å². The summed E-state index contributed by atoms with van der Waals surface area (Å²) in [6.45, 7) is 0. The summed E-state index contributed by atoms with van der Waals surface area (Å²) in [6, 6.07) is 4.56. The summed E-state index contributed by atoms with van der Waals surface area (Å²) in [5.74, 6) is -2.96. The Labute approximate surface area is 123 Å². The SMILES string of the molecule is Nc1ccc(C(=O)C2CCCCC2C(F)(F)F)c(Br)c1. The second kappa shape index (κ2) is 5.76. The van der Waals surface area contributed by atoms with Gasteiger partial charge in [-0.05, 0) is 47.0 Å². The van der Waals surface area contributed by atoms with Crippen molar-refractivity contribution in [2.75, 3.05) is 5.73 Å². The van der Waals surface area contributed by atoms with E-state index in [0.717, 1.165) is 0 Å². The molecule has 1 aliphatic rings. The molecule has 2 nitrogen and oxygen atoms in total. The molecule has 0 saturated heterocycles. The Balaban J connectivity index is 2.30. The zero-order valence-corrected chi connectivity index (χ0v) is 12.3. The Morgan fingerprint density at radius 1 is 1.25 bits per heavy atom. The standard InChI is InChI=1S/C14H15BrF3NO/c15-12-7-8(19)5-6-10(12)13(20)9-3-1-2-4-11(9)14(16,17)18/h5-7,9,11H,1-4,19H2. The molecule has 0 aromatic heterocycles. The number of ketones is 1. The van der Waals surface area contributed by atoms with E-state index < -0.39 is 23.8 Å². The summed E-state index contributed by atoms with van der Waals surface area (Å²) in [5.41, 5.74) is 6.32. The number of carbonyl (C=O) groups excluding carboxylic acids is 1. The van der Waals surface area contributed by atoms with E-state index in [-0.39, 0.29) is 12.0 Å². The molecule has 0 spiro atoms. The van der Waals surface area contributed by atoms with Crippen LogP contribution in [0.15, 0.2) is 22.7 Å². The molecule has 0 amide bonds. The maximum atomic E-state index is 13.0. The number of nitrogens with two attached hydrogens (primary N) is 1. The van der Waals surface area contributed by atoms with E-state index in [4.69, 9.17) is 5.73 Å². The molecule has 1 aliphatic carbocycles. The van der Waals surface area contributed by atoms with Crippen molar-refractivity contribution in [3.63, 3.8) is 0 Å². The quantitative estimate of drug-likeness (QED) is 0.627. The lowest BCUT2D eigenvalue weighted by atomic mass is 9.75. The van der Waals surface area contributed by atoms with Gasteiger partial charge in [0.25, 0.3) is 0 Å². The number of nitrogen functional groups attached to an aromatic ring is 1. The normalized spacial score (nSPS) is 23.6. The number of alkyl halides is 3. The van der Waals surface area contributed by atoms with Crippen LogP contribution in [0, 0.1) is 11.8 Å². The lowest BCUT2D eigenvalue weighted by Crippen LogP contribution is -2.37. The Morgan fingerprint density at radius 2 is 1.90 bits per heavy atom. The van der Waals surface area contributed by atoms with Crippen LogP contribution in [0.5, 0.6) is 0 Å². The molecular weight excluding hydrogens is 335 g/mol. The minimum atomic E-state index is -4.32. The van der Waals surface area contributed by atoms with Gasteiger partial charge in [-0.15, -0.1) is 0 Å². The van der Waals surface area contributed by atoms with Gasteiger partial charge in [-0.1, -0.05) is 12.8 Å². The van der Waals surface area contributed by atoms with Crippen LogP contribution in [-0.2, 0) is 0 Å². The molecule has 2 N–H and O–H groups in total. The van der Waals surface area contributed by atoms with Gasteiger partial charge < -0.3 is 5.73 Å². The Morgan fingerprint density at radius 3 is 2.50 bits per heavy atom. The van der Waals surface area contributed by atoms with Crippen LogP contribution in [0.2, 0.25) is 0 Å². The van der Waals surface area contributed by atoms with Gasteiger partial charge in [0, 0.05) is 21.6 Å². The highest BCUT2D eigenvalue weighted by atomic mass is 79.9. The highest BCUT2D eigenvalue weighted by Crippen LogP contribution is 2.43. The van der Waals surface area contributed by atoms with E-state index in [1.54, 1.807) is 6.07 Å². The number of rotatable bonds is 2. The zero-order chi connectivity index (χ0) is 14.9. The number of benzene rings is 1. The van der Waals surface area contributed by atoms with Crippen molar-refractivity contribution in [2.45, 2.75) is 31.9 Å².